The molecule has 0 aromatic carbocycles. The van der Waals surface area contributed by atoms with E-state index in [1.54, 1.807) is 16.8 Å². The Morgan fingerprint density at radius 1 is 1.24 bits per heavy atom. The molecule has 3 unspecified atom stereocenters. The molecule has 3 atom stereocenters. The standard InChI is InChI=1S/C15H27N3O3/c1-11-6-4-9-18(13(11)14(19)20)15(21)17(3)10-12-7-5-8-16(12)2/h11-13H,4-10H2,1-3H3,(H,19,20). The number of nitrogens with zero attached hydrogens (tertiary/aromatic N) is 3. The highest BCUT2D eigenvalue weighted by Crippen LogP contribution is 2.25. The molecule has 2 fully saturated rings. The van der Waals surface area contributed by atoms with Crippen LogP contribution in [0.15, 0.2) is 0 Å². The highest BCUT2D eigenvalue weighted by Gasteiger charge is 2.38. The molecule has 1 N–H and O–H groups in total. The summed E-state index contributed by atoms with van der Waals surface area (Å²) in [5.74, 6) is -0.871. The minimum absolute atomic E-state index is 0.0164. The van der Waals surface area contributed by atoms with E-state index in [4.69, 9.17) is 0 Å². The zero-order valence-electron chi connectivity index (χ0n) is 13.3. The van der Waals surface area contributed by atoms with Crippen LogP contribution in [0.3, 0.4) is 0 Å². The zero-order valence-corrected chi connectivity index (χ0v) is 13.3. The van der Waals surface area contributed by atoms with E-state index in [1.165, 1.54) is 6.42 Å². The maximum Gasteiger partial charge on any atom is 0.326 e. The number of carbonyl (C=O) groups is 2. The Morgan fingerprint density at radius 2 is 1.90 bits per heavy atom. The number of carboxylic acids is 1. The molecule has 21 heavy (non-hydrogen) atoms. The Kier molecular flexibility index (Phi) is 5.08. The molecule has 2 heterocycles. The number of carbonyl (C=O) groups excluding carboxylic acids is 1. The van der Waals surface area contributed by atoms with Crippen molar-refractivity contribution in [3.05, 3.63) is 0 Å². The molecule has 0 saturated carbocycles. The van der Waals surface area contributed by atoms with Crippen LogP contribution in [0.2, 0.25) is 0 Å². The minimum Gasteiger partial charge on any atom is -0.480 e. The number of urea groups is 1. The van der Waals surface area contributed by atoms with E-state index in [9.17, 15) is 14.7 Å². The molecule has 2 aliphatic rings. The molecule has 120 valence electrons. The molecule has 2 amide bonds. The van der Waals surface area contributed by atoms with Gasteiger partial charge in [-0.25, -0.2) is 9.59 Å². The summed E-state index contributed by atoms with van der Waals surface area (Å²) in [7, 11) is 3.87. The van der Waals surface area contributed by atoms with Crippen molar-refractivity contribution < 1.29 is 14.7 Å². The fourth-order valence-electron chi connectivity index (χ4n) is 3.60. The third-order valence-electron chi connectivity index (χ3n) is 4.91. The normalized spacial score (nSPS) is 30.4. The number of hydrogen-bond acceptors (Lipinski definition) is 3. The number of rotatable bonds is 3. The van der Waals surface area contributed by atoms with Crippen molar-refractivity contribution in [1.82, 2.24) is 14.7 Å². The van der Waals surface area contributed by atoms with Crippen molar-refractivity contribution in [3.63, 3.8) is 0 Å². The number of aliphatic carboxylic acids is 1. The topological polar surface area (TPSA) is 64.1 Å². The lowest BCUT2D eigenvalue weighted by Gasteiger charge is -2.40. The number of likely N-dealkylation sites (tertiary alicyclic amines) is 2. The van der Waals surface area contributed by atoms with Gasteiger partial charge in [0.1, 0.15) is 6.04 Å². The maximum absolute atomic E-state index is 12.6. The maximum atomic E-state index is 12.6. The Labute approximate surface area is 126 Å². The van der Waals surface area contributed by atoms with Crippen molar-refractivity contribution in [2.75, 3.05) is 33.7 Å². The smallest absolute Gasteiger partial charge is 0.326 e. The molecule has 2 rings (SSSR count). The van der Waals surface area contributed by atoms with Crippen LogP contribution in [0.5, 0.6) is 0 Å². The van der Waals surface area contributed by atoms with E-state index in [0.717, 1.165) is 25.8 Å². The van der Waals surface area contributed by atoms with Gasteiger partial charge in [0.05, 0.1) is 0 Å². The lowest BCUT2D eigenvalue weighted by Crippen LogP contribution is -2.56. The van der Waals surface area contributed by atoms with Gasteiger partial charge in [-0.1, -0.05) is 6.92 Å². The molecule has 6 nitrogen and oxygen atoms in total. The van der Waals surface area contributed by atoms with Crippen molar-refractivity contribution in [1.29, 1.82) is 0 Å². The number of carboxylic acid groups (broad SMARTS) is 1. The summed E-state index contributed by atoms with van der Waals surface area (Å²) < 4.78 is 0. The van der Waals surface area contributed by atoms with Gasteiger partial charge in [-0.3, -0.25) is 0 Å². The Bertz CT molecular complexity index is 402. The molecular formula is C15H27N3O3. The lowest BCUT2D eigenvalue weighted by atomic mass is 9.91. The fraction of sp³-hybridized carbons (Fsp3) is 0.867. The summed E-state index contributed by atoms with van der Waals surface area (Å²) in [4.78, 5) is 29.6. The minimum atomic E-state index is -0.887. The summed E-state index contributed by atoms with van der Waals surface area (Å²) in [5.41, 5.74) is 0. The van der Waals surface area contributed by atoms with Crippen molar-refractivity contribution in [2.24, 2.45) is 5.92 Å². The van der Waals surface area contributed by atoms with E-state index in [1.807, 2.05) is 6.92 Å². The van der Waals surface area contributed by atoms with Gasteiger partial charge in [-0.05, 0) is 45.2 Å². The number of hydrogen-bond donors (Lipinski definition) is 1. The van der Waals surface area contributed by atoms with E-state index in [0.29, 0.717) is 19.1 Å². The quantitative estimate of drug-likeness (QED) is 0.853. The molecule has 0 bridgehead atoms. The third kappa shape index (κ3) is 3.48. The predicted molar refractivity (Wildman–Crippen MR) is 80.2 cm³/mol. The molecule has 0 aliphatic carbocycles. The first-order valence-electron chi connectivity index (χ1n) is 7.86. The van der Waals surface area contributed by atoms with Gasteiger partial charge < -0.3 is 19.8 Å². The van der Waals surface area contributed by atoms with Crippen LogP contribution in [0.25, 0.3) is 0 Å². The average molecular weight is 297 g/mol. The average Bonchev–Trinajstić information content (AvgIpc) is 2.82. The predicted octanol–water partition coefficient (Wildman–Crippen LogP) is 1.32. The second kappa shape index (κ2) is 6.64. The van der Waals surface area contributed by atoms with Crippen LogP contribution in [0, 0.1) is 5.92 Å². The highest BCUT2D eigenvalue weighted by atomic mass is 16.4. The first-order valence-corrected chi connectivity index (χ1v) is 7.86. The monoisotopic (exact) mass is 297 g/mol. The molecular weight excluding hydrogens is 270 g/mol. The number of amides is 2. The summed E-state index contributed by atoms with van der Waals surface area (Å²) in [6, 6.07) is -0.436. The van der Waals surface area contributed by atoms with Gasteiger partial charge in [-0.15, -0.1) is 0 Å². The zero-order chi connectivity index (χ0) is 15.6. The van der Waals surface area contributed by atoms with E-state index < -0.39 is 12.0 Å². The van der Waals surface area contributed by atoms with Crippen LogP contribution in [0.1, 0.15) is 32.6 Å². The Morgan fingerprint density at radius 3 is 2.48 bits per heavy atom. The van der Waals surface area contributed by atoms with Gasteiger partial charge >= 0.3 is 12.0 Å². The van der Waals surface area contributed by atoms with Crippen LogP contribution < -0.4 is 0 Å². The molecule has 0 aromatic rings. The summed E-state index contributed by atoms with van der Waals surface area (Å²) in [6.07, 6.45) is 4.03. The summed E-state index contributed by atoms with van der Waals surface area (Å²) in [6.45, 7) is 4.21. The summed E-state index contributed by atoms with van der Waals surface area (Å²) in [5, 5.41) is 9.42. The van der Waals surface area contributed by atoms with Crippen molar-refractivity contribution in [2.45, 2.75) is 44.7 Å². The van der Waals surface area contributed by atoms with Gasteiger partial charge in [0.2, 0.25) is 0 Å². The van der Waals surface area contributed by atoms with Crippen molar-refractivity contribution in [3.8, 4) is 0 Å². The molecule has 0 aromatic heterocycles. The van der Waals surface area contributed by atoms with Gasteiger partial charge in [-0.2, -0.15) is 0 Å². The van der Waals surface area contributed by atoms with Crippen LogP contribution in [-0.2, 0) is 4.79 Å². The second-order valence-electron chi connectivity index (χ2n) is 6.54. The van der Waals surface area contributed by atoms with E-state index in [-0.39, 0.29) is 11.9 Å². The van der Waals surface area contributed by atoms with Crippen LogP contribution in [-0.4, -0.2) is 77.6 Å². The highest BCUT2D eigenvalue weighted by molar-refractivity contribution is 5.83. The van der Waals surface area contributed by atoms with Gasteiger partial charge in [0, 0.05) is 26.2 Å². The number of piperidine rings is 1. The molecule has 6 heteroatoms. The largest absolute Gasteiger partial charge is 0.480 e. The first-order chi connectivity index (χ1) is 9.91. The molecule has 2 saturated heterocycles. The van der Waals surface area contributed by atoms with Crippen LogP contribution in [0.4, 0.5) is 4.79 Å². The Hall–Kier alpha value is -1.30. The number of likely N-dealkylation sites (N-methyl/N-ethyl adjacent to an activating group) is 2. The molecule has 2 aliphatic heterocycles. The first kappa shape index (κ1) is 16.1. The van der Waals surface area contributed by atoms with Crippen molar-refractivity contribution >= 4 is 12.0 Å². The Balaban J connectivity index is 2.01. The molecule has 0 radical (unpaired) electrons. The van der Waals surface area contributed by atoms with E-state index >= 15 is 0 Å². The molecule has 0 spiro atoms. The fourth-order valence-corrected chi connectivity index (χ4v) is 3.60. The van der Waals surface area contributed by atoms with Gasteiger partial charge in [0.15, 0.2) is 0 Å². The van der Waals surface area contributed by atoms with Gasteiger partial charge in [0.25, 0.3) is 0 Å². The third-order valence-corrected chi connectivity index (χ3v) is 4.91. The lowest BCUT2D eigenvalue weighted by molar-refractivity contribution is -0.145. The van der Waals surface area contributed by atoms with Crippen LogP contribution >= 0.6 is 0 Å². The second-order valence-corrected chi connectivity index (χ2v) is 6.54. The van der Waals surface area contributed by atoms with E-state index in [2.05, 4.69) is 11.9 Å². The SMILES string of the molecule is CC1CCCN(C(=O)N(C)CC2CCCN2C)C1C(=O)O. The summed E-state index contributed by atoms with van der Waals surface area (Å²) >= 11 is 0.